The van der Waals surface area contributed by atoms with Gasteiger partial charge in [0.15, 0.2) is 0 Å². The fourth-order valence-corrected chi connectivity index (χ4v) is 2.92. The van der Waals surface area contributed by atoms with E-state index in [1.165, 1.54) is 6.92 Å². The number of hydrogen-bond acceptors (Lipinski definition) is 6. The van der Waals surface area contributed by atoms with Crippen LogP contribution in [0.5, 0.6) is 0 Å². The number of halogens is 8. The molecule has 1 aliphatic rings. The second-order valence-electron chi connectivity index (χ2n) is 6.21. The van der Waals surface area contributed by atoms with Crippen molar-refractivity contribution >= 4 is 17.2 Å². The molecule has 0 fully saturated rings. The first-order chi connectivity index (χ1) is 13.0. The van der Waals surface area contributed by atoms with Crippen LogP contribution in [0.1, 0.15) is 5.69 Å². The largest absolute Gasteiger partial charge is 0.459 e. The molecular weight excluding hydrogens is 422 g/mol. The molecule has 0 radical (unpaired) electrons. The number of rotatable bonds is 4. The lowest BCUT2D eigenvalue weighted by Gasteiger charge is -2.35. The van der Waals surface area contributed by atoms with Gasteiger partial charge in [0.1, 0.15) is 29.3 Å². The number of aryl methyl sites for hydroxylation is 1. The molecule has 1 aromatic heterocycles. The summed E-state index contributed by atoms with van der Waals surface area (Å²) in [6.45, 7) is 1.19. The monoisotopic (exact) mass is 435 g/mol. The highest BCUT2D eigenvalue weighted by atomic mass is 19.4. The summed E-state index contributed by atoms with van der Waals surface area (Å²) in [5.74, 6) is -9.44. The van der Waals surface area contributed by atoms with E-state index in [1.54, 1.807) is 0 Å². The van der Waals surface area contributed by atoms with Crippen LogP contribution < -0.4 is 4.90 Å². The van der Waals surface area contributed by atoms with Crippen LogP contribution in [-0.4, -0.2) is 59.2 Å². The Labute approximate surface area is 157 Å². The molecule has 0 aromatic carbocycles. The van der Waals surface area contributed by atoms with Crippen LogP contribution in [0.25, 0.3) is 0 Å². The quantitative estimate of drug-likeness (QED) is 0.409. The van der Waals surface area contributed by atoms with Crippen molar-refractivity contribution < 1.29 is 40.0 Å². The fourth-order valence-electron chi connectivity index (χ4n) is 2.92. The molecule has 162 valence electrons. The molecule has 0 bridgehead atoms. The Morgan fingerprint density at radius 1 is 1.14 bits per heavy atom. The number of hydrazone groups is 1. The lowest BCUT2D eigenvalue weighted by atomic mass is 9.94. The number of anilines is 1. The van der Waals surface area contributed by atoms with Gasteiger partial charge in [0.05, 0.1) is 4.92 Å². The minimum absolute atomic E-state index is 0.190. The summed E-state index contributed by atoms with van der Waals surface area (Å²) in [6.07, 6.45) is -13.9. The first kappa shape index (κ1) is 22.5. The average Bonchev–Trinajstić information content (AvgIpc) is 2.90. The third kappa shape index (κ3) is 3.89. The Hall–Kier alpha value is -2.74. The van der Waals surface area contributed by atoms with Crippen LogP contribution in [-0.2, 0) is 0 Å². The predicted molar refractivity (Wildman–Crippen MR) is 83.6 cm³/mol. The predicted octanol–water partition coefficient (Wildman–Crippen LogP) is 3.74. The molecule has 0 spiro atoms. The number of pyridine rings is 1. The van der Waals surface area contributed by atoms with E-state index in [0.717, 1.165) is 26.2 Å². The molecular formula is C14H13F8N5O2. The Bertz CT molecular complexity index is 838. The molecule has 1 aromatic rings. The summed E-state index contributed by atoms with van der Waals surface area (Å²) < 4.78 is 106. The molecule has 2 heterocycles. The number of alkyl halides is 8. The highest BCUT2D eigenvalue weighted by Gasteiger charge is 2.70. The standard InChI is InChI=1S/C14H13F8N5O2/c1-6-7(27(28)29)4-5-8(23-6)25(2)11-9(13(17,18)19)10(24-26(11)3)12(15,16)14(20,21)22/h4-5,9,11H,1-3H3. The second kappa shape index (κ2) is 6.95. The summed E-state index contributed by atoms with van der Waals surface area (Å²) >= 11 is 0. The molecule has 2 rings (SSSR count). The fraction of sp³-hybridized carbons (Fsp3) is 0.571. The summed E-state index contributed by atoms with van der Waals surface area (Å²) in [5, 5.41) is 14.0. The van der Waals surface area contributed by atoms with Gasteiger partial charge in [-0.05, 0) is 13.0 Å². The Morgan fingerprint density at radius 3 is 2.10 bits per heavy atom. The number of aromatic nitrogens is 1. The van der Waals surface area contributed by atoms with Crippen molar-refractivity contribution in [1.29, 1.82) is 0 Å². The Morgan fingerprint density at radius 2 is 1.69 bits per heavy atom. The van der Waals surface area contributed by atoms with E-state index >= 15 is 0 Å². The highest BCUT2D eigenvalue weighted by molar-refractivity contribution is 5.96. The second-order valence-corrected chi connectivity index (χ2v) is 6.21. The molecule has 0 saturated heterocycles. The Balaban J connectivity index is 2.52. The van der Waals surface area contributed by atoms with Crippen LogP contribution in [0.4, 0.5) is 46.6 Å². The zero-order valence-corrected chi connectivity index (χ0v) is 14.9. The maximum atomic E-state index is 13.7. The van der Waals surface area contributed by atoms with E-state index in [-0.39, 0.29) is 11.5 Å². The third-order valence-corrected chi connectivity index (χ3v) is 4.27. The highest BCUT2D eigenvalue weighted by Crippen LogP contribution is 2.47. The van der Waals surface area contributed by atoms with E-state index in [0.29, 0.717) is 9.91 Å². The van der Waals surface area contributed by atoms with E-state index < -0.39 is 46.7 Å². The molecule has 0 amide bonds. The van der Waals surface area contributed by atoms with Gasteiger partial charge in [0.25, 0.3) is 5.69 Å². The number of nitro groups is 1. The zero-order chi connectivity index (χ0) is 22.5. The SMILES string of the molecule is Cc1nc(N(C)C2C(C(F)(F)F)C(C(F)(F)C(F)(F)F)=NN2C)ccc1[N+](=O)[O-]. The lowest BCUT2D eigenvalue weighted by Crippen LogP contribution is -2.56. The third-order valence-electron chi connectivity index (χ3n) is 4.27. The van der Waals surface area contributed by atoms with Gasteiger partial charge in [-0.2, -0.15) is 40.2 Å². The molecule has 2 unspecified atom stereocenters. The maximum absolute atomic E-state index is 13.7. The van der Waals surface area contributed by atoms with Crippen LogP contribution in [0.3, 0.4) is 0 Å². The van der Waals surface area contributed by atoms with E-state index in [2.05, 4.69) is 10.1 Å². The normalized spacial score (nSPS) is 20.7. The van der Waals surface area contributed by atoms with Crippen LogP contribution in [0.15, 0.2) is 17.2 Å². The topological polar surface area (TPSA) is 74.9 Å². The van der Waals surface area contributed by atoms with Gasteiger partial charge in [0.2, 0.25) is 0 Å². The maximum Gasteiger partial charge on any atom is 0.459 e. The van der Waals surface area contributed by atoms with Gasteiger partial charge in [-0.1, -0.05) is 0 Å². The molecule has 29 heavy (non-hydrogen) atoms. The minimum atomic E-state index is -6.29. The molecule has 15 heteroatoms. The van der Waals surface area contributed by atoms with E-state index in [4.69, 9.17) is 0 Å². The number of nitrogens with zero attached hydrogens (tertiary/aromatic N) is 5. The minimum Gasteiger partial charge on any atom is -0.337 e. The van der Waals surface area contributed by atoms with Crippen molar-refractivity contribution in [2.75, 3.05) is 19.0 Å². The van der Waals surface area contributed by atoms with Gasteiger partial charge in [-0.15, -0.1) is 0 Å². The van der Waals surface area contributed by atoms with Crippen molar-refractivity contribution in [3.8, 4) is 0 Å². The van der Waals surface area contributed by atoms with E-state index in [1.807, 2.05) is 0 Å². The summed E-state index contributed by atoms with van der Waals surface area (Å²) in [7, 11) is 1.77. The van der Waals surface area contributed by atoms with Crippen LogP contribution in [0.2, 0.25) is 0 Å². The van der Waals surface area contributed by atoms with Gasteiger partial charge in [0, 0.05) is 20.2 Å². The molecule has 2 atom stereocenters. The van der Waals surface area contributed by atoms with Crippen molar-refractivity contribution in [3.63, 3.8) is 0 Å². The van der Waals surface area contributed by atoms with Gasteiger partial charge < -0.3 is 4.90 Å². The summed E-state index contributed by atoms with van der Waals surface area (Å²) in [4.78, 5) is 14.5. The van der Waals surface area contributed by atoms with E-state index in [9.17, 15) is 45.2 Å². The van der Waals surface area contributed by atoms with Gasteiger partial charge in [-0.25, -0.2) is 4.98 Å². The summed E-state index contributed by atoms with van der Waals surface area (Å²) in [6, 6.07) is 1.88. The average molecular weight is 435 g/mol. The van der Waals surface area contributed by atoms with Crippen LogP contribution in [0, 0.1) is 23.0 Å². The molecule has 0 aliphatic carbocycles. The first-order valence-electron chi connectivity index (χ1n) is 7.68. The van der Waals surface area contributed by atoms with Gasteiger partial charge in [-0.3, -0.25) is 15.1 Å². The molecule has 1 aliphatic heterocycles. The smallest absolute Gasteiger partial charge is 0.337 e. The molecule has 0 N–H and O–H groups in total. The van der Waals surface area contributed by atoms with Crippen LogP contribution >= 0.6 is 0 Å². The zero-order valence-electron chi connectivity index (χ0n) is 14.9. The molecule has 7 nitrogen and oxygen atoms in total. The van der Waals surface area contributed by atoms with Gasteiger partial charge >= 0.3 is 18.3 Å². The van der Waals surface area contributed by atoms with Crippen molar-refractivity contribution in [1.82, 2.24) is 9.99 Å². The van der Waals surface area contributed by atoms with Crippen molar-refractivity contribution in [3.05, 3.63) is 27.9 Å². The Kier molecular flexibility index (Phi) is 5.40. The van der Waals surface area contributed by atoms with Crippen molar-refractivity contribution in [2.24, 2.45) is 11.0 Å². The molecule has 0 saturated carbocycles. The summed E-state index contributed by atoms with van der Waals surface area (Å²) in [5.41, 5.74) is -3.03. The lowest BCUT2D eigenvalue weighted by molar-refractivity contribution is -0.385. The first-order valence-corrected chi connectivity index (χ1v) is 7.68. The van der Waals surface area contributed by atoms with Crippen molar-refractivity contribution in [2.45, 2.75) is 31.4 Å². The number of hydrogen-bond donors (Lipinski definition) is 0.